The van der Waals surface area contributed by atoms with Crippen LogP contribution in [0.15, 0.2) is 24.4 Å². The number of carboxylic acids is 1. The summed E-state index contributed by atoms with van der Waals surface area (Å²) in [7, 11) is 1.67. The van der Waals surface area contributed by atoms with Crippen molar-refractivity contribution in [2.45, 2.75) is 64.8 Å². The first-order valence-corrected chi connectivity index (χ1v) is 13.7. The maximum atomic E-state index is 11.7. The van der Waals surface area contributed by atoms with Gasteiger partial charge in [0.05, 0.1) is 31.1 Å². The molecule has 1 N–H and O–H groups in total. The summed E-state index contributed by atoms with van der Waals surface area (Å²) in [5, 5.41) is 10.6. The van der Waals surface area contributed by atoms with E-state index >= 15 is 0 Å². The Labute approximate surface area is 219 Å². The minimum Gasteiger partial charge on any atom is -0.497 e. The van der Waals surface area contributed by atoms with Crippen LogP contribution in [-0.4, -0.2) is 72.7 Å². The van der Waals surface area contributed by atoms with Crippen LogP contribution >= 0.6 is 0 Å². The molecular weight excluding hydrogens is 470 g/mol. The van der Waals surface area contributed by atoms with E-state index in [0.717, 1.165) is 92.8 Å². The fourth-order valence-corrected chi connectivity index (χ4v) is 5.78. The molecule has 1 saturated carbocycles. The number of piperidine rings is 1. The summed E-state index contributed by atoms with van der Waals surface area (Å²) in [4.78, 5) is 31.4. The highest BCUT2D eigenvalue weighted by Crippen LogP contribution is 2.39. The quantitative estimate of drug-likeness (QED) is 0.592. The molecule has 37 heavy (non-hydrogen) atoms. The van der Waals surface area contributed by atoms with Gasteiger partial charge in [0.25, 0.3) is 0 Å². The molecule has 0 radical (unpaired) electrons. The van der Waals surface area contributed by atoms with E-state index in [1.54, 1.807) is 13.3 Å². The first-order valence-electron chi connectivity index (χ1n) is 13.7. The van der Waals surface area contributed by atoms with Crippen LogP contribution in [0, 0.1) is 11.8 Å². The molecule has 1 aliphatic carbocycles. The van der Waals surface area contributed by atoms with Gasteiger partial charge in [-0.3, -0.25) is 19.5 Å². The summed E-state index contributed by atoms with van der Waals surface area (Å²) >= 11 is 0. The van der Waals surface area contributed by atoms with Crippen molar-refractivity contribution in [3.05, 3.63) is 24.4 Å². The second-order valence-electron chi connectivity index (χ2n) is 10.5. The zero-order valence-corrected chi connectivity index (χ0v) is 22.4. The molecule has 1 aromatic carbocycles. The average Bonchev–Trinajstić information content (AvgIpc) is 2.93. The second-order valence-corrected chi connectivity index (χ2v) is 10.5. The number of pyridine rings is 1. The Hall–Kier alpha value is -2.87. The van der Waals surface area contributed by atoms with Crippen molar-refractivity contribution in [3.63, 3.8) is 0 Å². The highest BCUT2D eigenvalue weighted by atomic mass is 16.5. The average molecular weight is 512 g/mol. The lowest BCUT2D eigenvalue weighted by Gasteiger charge is -2.38. The predicted octanol–water partition coefficient (Wildman–Crippen LogP) is 4.78. The van der Waals surface area contributed by atoms with Crippen LogP contribution in [0.3, 0.4) is 0 Å². The van der Waals surface area contributed by atoms with E-state index in [2.05, 4.69) is 14.8 Å². The number of Topliss-reactive ketones (excluding diaryl/α,β-unsaturated/α-hetero) is 1. The SMILES string of the molecule is CC1CCCCC1=O.CCN1CCC(CCN2CCOc3cnc4ccc(OC)cc4c32)C[C@H]1C(=O)O. The third kappa shape index (κ3) is 6.53. The smallest absolute Gasteiger partial charge is 0.320 e. The lowest BCUT2D eigenvalue weighted by molar-refractivity contribution is -0.145. The molecule has 8 nitrogen and oxygen atoms in total. The Morgan fingerprint density at radius 2 is 2.08 bits per heavy atom. The number of likely N-dealkylation sites (tertiary alicyclic amines) is 1. The largest absolute Gasteiger partial charge is 0.497 e. The van der Waals surface area contributed by atoms with Gasteiger partial charge in [-0.05, 0) is 69.3 Å². The first kappa shape index (κ1) is 27.2. The molecule has 0 amide bonds. The molecule has 202 valence electrons. The number of likely N-dealkylation sites (N-methyl/N-ethyl adjacent to an activating group) is 1. The summed E-state index contributed by atoms with van der Waals surface area (Å²) in [5.74, 6) is 2.17. The van der Waals surface area contributed by atoms with E-state index < -0.39 is 5.97 Å². The molecule has 3 aliphatic rings. The Morgan fingerprint density at radius 1 is 1.24 bits per heavy atom. The third-order valence-electron chi connectivity index (χ3n) is 8.13. The molecule has 2 fully saturated rings. The van der Waals surface area contributed by atoms with Gasteiger partial charge in [-0.25, -0.2) is 0 Å². The number of ether oxygens (including phenoxy) is 2. The van der Waals surface area contributed by atoms with Crippen molar-refractivity contribution in [1.29, 1.82) is 0 Å². The highest BCUT2D eigenvalue weighted by Gasteiger charge is 2.33. The Balaban J connectivity index is 0.000000342. The van der Waals surface area contributed by atoms with Crippen molar-refractivity contribution in [2.75, 3.05) is 44.8 Å². The van der Waals surface area contributed by atoms with Gasteiger partial charge in [0, 0.05) is 24.3 Å². The lowest BCUT2D eigenvalue weighted by Crippen LogP contribution is -2.47. The van der Waals surface area contributed by atoms with Crippen molar-refractivity contribution < 1.29 is 24.2 Å². The molecular formula is C29H41N3O5. The van der Waals surface area contributed by atoms with Gasteiger partial charge in [-0.15, -0.1) is 0 Å². The fraction of sp³-hybridized carbons (Fsp3) is 0.621. The highest BCUT2D eigenvalue weighted by molar-refractivity contribution is 5.96. The number of anilines is 1. The molecule has 3 heterocycles. The van der Waals surface area contributed by atoms with Gasteiger partial charge in [-0.2, -0.15) is 0 Å². The number of nitrogens with zero attached hydrogens (tertiary/aromatic N) is 3. The molecule has 1 aromatic heterocycles. The minimum atomic E-state index is -0.697. The van der Waals surface area contributed by atoms with Crippen molar-refractivity contribution >= 4 is 28.3 Å². The number of hydrogen-bond acceptors (Lipinski definition) is 7. The van der Waals surface area contributed by atoms with Gasteiger partial charge in [0.15, 0.2) is 5.75 Å². The Bertz CT molecular complexity index is 1090. The number of ketones is 1. The Morgan fingerprint density at radius 3 is 2.76 bits per heavy atom. The molecule has 0 spiro atoms. The number of fused-ring (bicyclic) bond motifs is 3. The summed E-state index contributed by atoms with van der Waals surface area (Å²) in [6.07, 6.45) is 8.91. The Kier molecular flexibility index (Phi) is 9.24. The number of carbonyl (C=O) groups excluding carboxylic acids is 1. The third-order valence-corrected chi connectivity index (χ3v) is 8.13. The topological polar surface area (TPSA) is 92.2 Å². The van der Waals surface area contributed by atoms with E-state index in [0.29, 0.717) is 24.2 Å². The van der Waals surface area contributed by atoms with Gasteiger partial charge in [-0.1, -0.05) is 20.3 Å². The van der Waals surface area contributed by atoms with Crippen LogP contribution < -0.4 is 14.4 Å². The van der Waals surface area contributed by atoms with Crippen LogP contribution in [0.2, 0.25) is 0 Å². The summed E-state index contributed by atoms with van der Waals surface area (Å²) < 4.78 is 11.3. The number of methoxy groups -OCH3 is 1. The summed E-state index contributed by atoms with van der Waals surface area (Å²) in [6.45, 7) is 8.06. The van der Waals surface area contributed by atoms with Crippen LogP contribution in [0.4, 0.5) is 5.69 Å². The van der Waals surface area contributed by atoms with Gasteiger partial charge in [0.2, 0.25) is 0 Å². The van der Waals surface area contributed by atoms with Crippen molar-refractivity contribution in [3.8, 4) is 11.5 Å². The number of aliphatic carboxylic acids is 1. The standard InChI is InChI=1S/C22H29N3O4.C7H12O/c1-3-24-8-6-15(12-19(24)22(26)27)7-9-25-10-11-29-20-14-23-18-5-4-16(28-2)13-17(18)21(20)25;1-6-4-2-3-5-7(6)8/h4-5,13-15,19H,3,6-12H2,1-2H3,(H,26,27);6H,2-5H2,1H3/t15?,19-;/m0./s1. The van der Waals surface area contributed by atoms with E-state index in [1.165, 1.54) is 6.42 Å². The summed E-state index contributed by atoms with van der Waals surface area (Å²) in [5.41, 5.74) is 1.99. The predicted molar refractivity (Wildman–Crippen MR) is 145 cm³/mol. The maximum absolute atomic E-state index is 11.7. The fourth-order valence-electron chi connectivity index (χ4n) is 5.78. The van der Waals surface area contributed by atoms with E-state index in [4.69, 9.17) is 9.47 Å². The molecule has 8 heteroatoms. The molecule has 2 aromatic rings. The maximum Gasteiger partial charge on any atom is 0.320 e. The van der Waals surface area contributed by atoms with Crippen LogP contribution in [0.1, 0.15) is 58.8 Å². The van der Waals surface area contributed by atoms with E-state index in [1.807, 2.05) is 32.0 Å². The summed E-state index contributed by atoms with van der Waals surface area (Å²) in [6, 6.07) is 5.55. The van der Waals surface area contributed by atoms with Gasteiger partial charge >= 0.3 is 5.97 Å². The molecule has 1 saturated heterocycles. The molecule has 5 rings (SSSR count). The minimum absolute atomic E-state index is 0.356. The van der Waals surface area contributed by atoms with Crippen molar-refractivity contribution in [2.24, 2.45) is 11.8 Å². The number of carboxylic acid groups (broad SMARTS) is 1. The zero-order valence-electron chi connectivity index (χ0n) is 22.4. The van der Waals surface area contributed by atoms with Crippen LogP contribution in [-0.2, 0) is 9.59 Å². The number of aromatic nitrogens is 1. The normalized spacial score (nSPS) is 24.0. The second kappa shape index (κ2) is 12.6. The van der Waals surface area contributed by atoms with Crippen LogP contribution in [0.25, 0.3) is 10.9 Å². The number of rotatable bonds is 6. The lowest BCUT2D eigenvalue weighted by atomic mass is 9.88. The van der Waals surface area contributed by atoms with Crippen molar-refractivity contribution in [1.82, 2.24) is 9.88 Å². The molecule has 2 unspecified atom stereocenters. The van der Waals surface area contributed by atoms with Crippen LogP contribution in [0.5, 0.6) is 11.5 Å². The number of carbonyl (C=O) groups is 2. The number of hydrogen-bond donors (Lipinski definition) is 1. The monoisotopic (exact) mass is 511 g/mol. The number of benzene rings is 1. The molecule has 3 atom stereocenters. The molecule has 0 bridgehead atoms. The van der Waals surface area contributed by atoms with Gasteiger partial charge in [0.1, 0.15) is 24.2 Å². The van der Waals surface area contributed by atoms with E-state index in [9.17, 15) is 14.7 Å². The first-order chi connectivity index (χ1) is 17.9. The van der Waals surface area contributed by atoms with Gasteiger partial charge < -0.3 is 19.5 Å². The zero-order chi connectivity index (χ0) is 26.4. The van der Waals surface area contributed by atoms with E-state index in [-0.39, 0.29) is 6.04 Å². The molecule has 2 aliphatic heterocycles.